The first kappa shape index (κ1) is 27.5. The number of para-hydroxylation sites is 2. The fourth-order valence-corrected chi connectivity index (χ4v) is 5.32. The molecule has 1 aromatic heterocycles. The Bertz CT molecular complexity index is 1680. The van der Waals surface area contributed by atoms with Crippen LogP contribution < -0.4 is 4.90 Å². The van der Waals surface area contributed by atoms with Gasteiger partial charge in [0.25, 0.3) is 5.70 Å². The van der Waals surface area contributed by atoms with Gasteiger partial charge in [0.1, 0.15) is 11.5 Å². The lowest BCUT2D eigenvalue weighted by molar-refractivity contribution is 0.223. The average Bonchev–Trinajstić information content (AvgIpc) is 3.47. The van der Waals surface area contributed by atoms with Crippen molar-refractivity contribution in [1.29, 1.82) is 5.26 Å². The Hall–Kier alpha value is -5.10. The molecule has 2 heterocycles. The molecule has 5 heteroatoms. The third kappa shape index (κ3) is 6.39. The Morgan fingerprint density at radius 3 is 2.00 bits per heavy atom. The number of benzene rings is 3. The smallest absolute Gasteiger partial charge is 0.269 e. The summed E-state index contributed by atoms with van der Waals surface area (Å²) in [6.45, 7) is 13.5. The van der Waals surface area contributed by atoms with E-state index in [4.69, 9.17) is 11.3 Å². The third-order valence-corrected chi connectivity index (χ3v) is 7.62. The van der Waals surface area contributed by atoms with Gasteiger partial charge in [-0.05, 0) is 84.0 Å². The Labute approximate surface area is 245 Å². The highest BCUT2D eigenvalue weighted by molar-refractivity contribution is 7.16. The molecule has 0 spiro atoms. The highest BCUT2D eigenvalue weighted by Gasteiger charge is 2.24. The van der Waals surface area contributed by atoms with Crippen LogP contribution in [-0.2, 0) is 4.74 Å². The molecule has 0 amide bonds. The molecule has 0 bridgehead atoms. The molecule has 0 aliphatic carbocycles. The molecule has 0 saturated heterocycles. The average molecular weight is 552 g/mol. The van der Waals surface area contributed by atoms with E-state index in [2.05, 4.69) is 94.7 Å². The van der Waals surface area contributed by atoms with Crippen LogP contribution >= 0.6 is 11.3 Å². The molecule has 0 unspecified atom stereocenters. The summed E-state index contributed by atoms with van der Waals surface area (Å²) in [5, 5.41) is 9.40. The zero-order valence-corrected chi connectivity index (χ0v) is 24.0. The zero-order chi connectivity index (χ0) is 28.8. The van der Waals surface area contributed by atoms with Crippen LogP contribution in [0.1, 0.15) is 25.6 Å². The second kappa shape index (κ2) is 12.0. The van der Waals surface area contributed by atoms with Gasteiger partial charge in [-0.3, -0.25) is 0 Å². The largest absolute Gasteiger partial charge is 0.461 e. The molecule has 200 valence electrons. The van der Waals surface area contributed by atoms with Gasteiger partial charge in [0.15, 0.2) is 0 Å². The maximum atomic E-state index is 9.40. The second-order valence-corrected chi connectivity index (χ2v) is 11.6. The van der Waals surface area contributed by atoms with Gasteiger partial charge in [0.2, 0.25) is 0 Å². The minimum Gasteiger partial charge on any atom is -0.461 e. The Kier molecular flexibility index (Phi) is 8.01. The Morgan fingerprint density at radius 2 is 1.44 bits per heavy atom. The summed E-state index contributed by atoms with van der Waals surface area (Å²) < 4.78 is 6.13. The van der Waals surface area contributed by atoms with Gasteiger partial charge < -0.3 is 9.64 Å². The molecule has 0 fully saturated rings. The monoisotopic (exact) mass is 551 g/mol. The summed E-state index contributed by atoms with van der Waals surface area (Å²) >= 11 is 1.69. The summed E-state index contributed by atoms with van der Waals surface area (Å²) in [5.74, 6) is 1.32. The lowest BCUT2D eigenvalue weighted by atomic mass is 9.91. The molecule has 3 aromatic carbocycles. The number of hydrogen-bond acceptors (Lipinski definition) is 4. The van der Waals surface area contributed by atoms with Gasteiger partial charge in [-0.2, -0.15) is 0 Å². The van der Waals surface area contributed by atoms with Crippen molar-refractivity contribution >= 4 is 34.5 Å². The summed E-state index contributed by atoms with van der Waals surface area (Å²) in [5.41, 5.74) is 4.81. The number of allylic oxidation sites excluding steroid dienone is 6. The minimum absolute atomic E-state index is 0.0564. The topological polar surface area (TPSA) is 40.6 Å². The van der Waals surface area contributed by atoms with E-state index in [1.165, 1.54) is 0 Å². The van der Waals surface area contributed by atoms with Crippen LogP contribution in [0.25, 0.3) is 21.4 Å². The van der Waals surface area contributed by atoms with E-state index >= 15 is 0 Å². The molecule has 0 radical (unpaired) electrons. The molecule has 5 rings (SSSR count). The van der Waals surface area contributed by atoms with E-state index < -0.39 is 0 Å². The van der Waals surface area contributed by atoms with E-state index in [1.54, 1.807) is 23.5 Å². The van der Waals surface area contributed by atoms with Crippen LogP contribution in [0.4, 0.5) is 17.1 Å². The standard InChI is InChI=1S/C36H29N3OS/c1-36(2,3)35-24-27(33(25-37)38-4)23-31(40-35)19-20-32-21-22-34(41-32)26-15-17-30(18-16-26)39(28-11-7-5-8-12-28)29-13-9-6-10-14-29/h5-24H,1-3H3/b20-19+,33-27-. The molecule has 0 saturated carbocycles. The molecular formula is C36H29N3OS. The van der Waals surface area contributed by atoms with Crippen molar-refractivity contribution in [2.75, 3.05) is 4.90 Å². The first-order valence-electron chi connectivity index (χ1n) is 13.3. The van der Waals surface area contributed by atoms with Crippen LogP contribution in [0.3, 0.4) is 0 Å². The van der Waals surface area contributed by atoms with E-state index in [1.807, 2.05) is 51.1 Å². The lowest BCUT2D eigenvalue weighted by Gasteiger charge is -2.26. The maximum absolute atomic E-state index is 9.40. The quantitative estimate of drug-likeness (QED) is 0.177. The predicted octanol–water partition coefficient (Wildman–Crippen LogP) is 10.4. The van der Waals surface area contributed by atoms with Crippen molar-refractivity contribution < 1.29 is 4.74 Å². The van der Waals surface area contributed by atoms with Crippen molar-refractivity contribution in [3.05, 3.63) is 154 Å². The summed E-state index contributed by atoms with van der Waals surface area (Å²) in [6, 6.07) is 35.6. The highest BCUT2D eigenvalue weighted by Crippen LogP contribution is 2.37. The van der Waals surface area contributed by atoms with Crippen molar-refractivity contribution in [1.82, 2.24) is 0 Å². The maximum Gasteiger partial charge on any atom is 0.269 e. The highest BCUT2D eigenvalue weighted by atomic mass is 32.1. The van der Waals surface area contributed by atoms with Gasteiger partial charge in [-0.25, -0.2) is 10.1 Å². The Balaban J connectivity index is 1.38. The number of ether oxygens (including phenoxy) is 1. The number of nitriles is 1. The number of thiophene rings is 1. The van der Waals surface area contributed by atoms with E-state index in [-0.39, 0.29) is 11.1 Å². The molecule has 0 atom stereocenters. The van der Waals surface area contributed by atoms with Gasteiger partial charge >= 0.3 is 0 Å². The number of rotatable bonds is 6. The van der Waals surface area contributed by atoms with E-state index in [0.717, 1.165) is 38.1 Å². The van der Waals surface area contributed by atoms with Crippen molar-refractivity contribution in [2.24, 2.45) is 5.41 Å². The molecule has 4 aromatic rings. The Morgan fingerprint density at radius 1 is 0.829 bits per heavy atom. The molecular weight excluding hydrogens is 522 g/mol. The minimum atomic E-state index is -0.264. The van der Waals surface area contributed by atoms with Crippen molar-refractivity contribution in [3.63, 3.8) is 0 Å². The van der Waals surface area contributed by atoms with Crippen LogP contribution in [0, 0.1) is 23.3 Å². The fourth-order valence-electron chi connectivity index (χ4n) is 4.40. The predicted molar refractivity (Wildman–Crippen MR) is 169 cm³/mol. The molecule has 1 aliphatic rings. The molecule has 4 nitrogen and oxygen atoms in total. The van der Waals surface area contributed by atoms with Crippen molar-refractivity contribution in [3.8, 4) is 16.5 Å². The third-order valence-electron chi connectivity index (χ3n) is 6.52. The number of hydrogen-bond donors (Lipinski definition) is 0. The van der Waals surface area contributed by atoms with Crippen molar-refractivity contribution in [2.45, 2.75) is 20.8 Å². The lowest BCUT2D eigenvalue weighted by Crippen LogP contribution is -2.14. The van der Waals surface area contributed by atoms with Crippen LogP contribution in [0.5, 0.6) is 0 Å². The van der Waals surface area contributed by atoms with Gasteiger partial charge in [0, 0.05) is 32.2 Å². The van der Waals surface area contributed by atoms with Crippen LogP contribution in [-0.4, -0.2) is 0 Å². The van der Waals surface area contributed by atoms with Crippen LogP contribution in [0.2, 0.25) is 0 Å². The van der Waals surface area contributed by atoms with E-state index in [9.17, 15) is 5.26 Å². The molecule has 1 aliphatic heterocycles. The number of anilines is 3. The summed E-state index contributed by atoms with van der Waals surface area (Å²) in [6.07, 6.45) is 7.44. The summed E-state index contributed by atoms with van der Waals surface area (Å²) in [4.78, 5) is 7.87. The van der Waals surface area contributed by atoms with Gasteiger partial charge in [-0.15, -0.1) is 11.3 Å². The SMILES string of the molecule is [C-]#[N+]/C(C#N)=C1C=C(/C=C/c2ccc(-c3ccc(N(c4ccccc4)c4ccccc4)cc3)s2)OC(C(C)(C)C)=C/1. The first-order chi connectivity index (χ1) is 19.9. The normalized spacial score (nSPS) is 14.4. The molecule has 0 N–H and O–H groups in total. The summed E-state index contributed by atoms with van der Waals surface area (Å²) in [7, 11) is 0. The fraction of sp³-hybridized carbons (Fsp3) is 0.111. The van der Waals surface area contributed by atoms with Crippen LogP contribution in [0.15, 0.2) is 138 Å². The van der Waals surface area contributed by atoms with Gasteiger partial charge in [-0.1, -0.05) is 69.3 Å². The van der Waals surface area contributed by atoms with E-state index in [0.29, 0.717) is 11.3 Å². The second-order valence-electron chi connectivity index (χ2n) is 10.5. The molecule has 41 heavy (non-hydrogen) atoms. The van der Waals surface area contributed by atoms with Gasteiger partial charge in [0.05, 0.1) is 12.6 Å². The first-order valence-corrected chi connectivity index (χ1v) is 14.1. The number of nitrogens with zero attached hydrogens (tertiary/aromatic N) is 3. The zero-order valence-electron chi connectivity index (χ0n) is 23.2.